The van der Waals surface area contributed by atoms with Crippen LogP contribution in [0.2, 0.25) is 5.02 Å². The molecule has 0 aliphatic heterocycles. The van der Waals surface area contributed by atoms with Gasteiger partial charge in [0.1, 0.15) is 6.21 Å². The van der Waals surface area contributed by atoms with Gasteiger partial charge in [-0.05, 0) is 32.0 Å². The van der Waals surface area contributed by atoms with Gasteiger partial charge in [-0.15, -0.1) is 0 Å². The van der Waals surface area contributed by atoms with Crippen molar-refractivity contribution in [2.24, 2.45) is 4.99 Å². The van der Waals surface area contributed by atoms with Crippen molar-refractivity contribution in [3.8, 4) is 0 Å². The number of hydrogen-bond donors (Lipinski definition) is 1. The highest BCUT2D eigenvalue weighted by molar-refractivity contribution is 6.31. The van der Waals surface area contributed by atoms with Crippen LogP contribution in [0.1, 0.15) is 24.2 Å². The normalized spacial score (nSPS) is 10.9. The first kappa shape index (κ1) is 14.2. The average Bonchev–Trinajstić information content (AvgIpc) is 2.25. The molecule has 0 atom stereocenters. The zero-order valence-corrected chi connectivity index (χ0v) is 10.6. The number of rotatable bonds is 4. The summed E-state index contributed by atoms with van der Waals surface area (Å²) < 4.78 is 4.83. The molecular weight excluding hydrogens is 258 g/mol. The maximum Gasteiger partial charge on any atom is 0.349 e. The van der Waals surface area contributed by atoms with Gasteiger partial charge in [0.25, 0.3) is 0 Å². The molecule has 0 saturated carbocycles. The fourth-order valence-electron chi connectivity index (χ4n) is 1.18. The van der Waals surface area contributed by atoms with Crippen molar-refractivity contribution in [2.45, 2.75) is 20.0 Å². The van der Waals surface area contributed by atoms with Crippen LogP contribution in [0.5, 0.6) is 0 Å². The maximum absolute atomic E-state index is 11.2. The molecule has 0 radical (unpaired) electrons. The van der Waals surface area contributed by atoms with Crippen LogP contribution in [0.4, 0.5) is 5.69 Å². The molecule has 5 nitrogen and oxygen atoms in total. The second kappa shape index (κ2) is 6.16. The summed E-state index contributed by atoms with van der Waals surface area (Å²) in [4.78, 5) is 25.9. The van der Waals surface area contributed by atoms with Crippen LogP contribution in [-0.2, 0) is 9.53 Å². The van der Waals surface area contributed by atoms with Crippen molar-refractivity contribution in [3.05, 3.63) is 28.8 Å². The van der Waals surface area contributed by atoms with Crippen LogP contribution in [0, 0.1) is 0 Å². The Kier molecular flexibility index (Phi) is 4.85. The smallest absolute Gasteiger partial charge is 0.349 e. The van der Waals surface area contributed by atoms with E-state index in [4.69, 9.17) is 21.4 Å². The van der Waals surface area contributed by atoms with Gasteiger partial charge >= 0.3 is 11.9 Å². The van der Waals surface area contributed by atoms with Gasteiger partial charge in [0.05, 0.1) is 17.4 Å². The molecule has 0 unspecified atom stereocenters. The maximum atomic E-state index is 11.2. The van der Waals surface area contributed by atoms with Crippen molar-refractivity contribution in [2.75, 3.05) is 0 Å². The standard InChI is InChI=1S/C12H12ClNO4/c1-7(2)18-11(15)6-14-10-5-8(13)3-4-9(10)12(16)17/h3-7H,1-2H3,(H,16,17). The lowest BCUT2D eigenvalue weighted by atomic mass is 10.2. The molecule has 0 bridgehead atoms. The van der Waals surface area contributed by atoms with Crippen molar-refractivity contribution >= 4 is 35.4 Å². The molecule has 1 aromatic carbocycles. The third kappa shape index (κ3) is 4.18. The molecule has 0 saturated heterocycles. The molecule has 96 valence electrons. The summed E-state index contributed by atoms with van der Waals surface area (Å²) in [5, 5.41) is 9.27. The number of aliphatic imine (C=N–C) groups is 1. The van der Waals surface area contributed by atoms with Gasteiger partial charge in [-0.1, -0.05) is 11.6 Å². The Bertz CT molecular complexity index is 497. The fourth-order valence-corrected chi connectivity index (χ4v) is 1.34. The molecule has 0 aromatic heterocycles. The predicted octanol–water partition coefficient (Wildman–Crippen LogP) is 2.69. The number of carboxylic acid groups (broad SMARTS) is 1. The summed E-state index contributed by atoms with van der Waals surface area (Å²) in [5.74, 6) is -1.78. The molecule has 0 fully saturated rings. The van der Waals surface area contributed by atoms with Crippen molar-refractivity contribution < 1.29 is 19.4 Å². The van der Waals surface area contributed by atoms with Crippen molar-refractivity contribution in [1.82, 2.24) is 0 Å². The van der Waals surface area contributed by atoms with E-state index in [1.165, 1.54) is 18.2 Å². The number of carboxylic acids is 1. The summed E-state index contributed by atoms with van der Waals surface area (Å²) in [7, 11) is 0. The number of aromatic carboxylic acids is 1. The SMILES string of the molecule is CC(C)OC(=O)C=Nc1cc(Cl)ccc1C(=O)O. The molecular formula is C12H12ClNO4. The molecule has 6 heteroatoms. The molecule has 0 spiro atoms. The Labute approximate surface area is 109 Å². The summed E-state index contributed by atoms with van der Waals surface area (Å²) in [6.07, 6.45) is 0.667. The lowest BCUT2D eigenvalue weighted by Crippen LogP contribution is -2.12. The quantitative estimate of drug-likeness (QED) is 0.673. The van der Waals surface area contributed by atoms with Crippen LogP contribution in [-0.4, -0.2) is 29.4 Å². The van der Waals surface area contributed by atoms with E-state index in [0.29, 0.717) is 5.02 Å². The fraction of sp³-hybridized carbons (Fsp3) is 0.250. The molecule has 1 aromatic rings. The van der Waals surface area contributed by atoms with Crippen LogP contribution < -0.4 is 0 Å². The minimum atomic E-state index is -1.14. The van der Waals surface area contributed by atoms with Crippen LogP contribution >= 0.6 is 11.6 Å². The molecule has 1 rings (SSSR count). The van der Waals surface area contributed by atoms with E-state index in [0.717, 1.165) is 6.21 Å². The van der Waals surface area contributed by atoms with Crippen LogP contribution in [0.25, 0.3) is 0 Å². The van der Waals surface area contributed by atoms with Gasteiger partial charge in [0.2, 0.25) is 0 Å². The monoisotopic (exact) mass is 269 g/mol. The summed E-state index contributed by atoms with van der Waals surface area (Å²) in [6, 6.07) is 4.13. The molecule has 1 N–H and O–H groups in total. The van der Waals surface area contributed by atoms with Gasteiger partial charge in [0, 0.05) is 5.02 Å². The first-order valence-corrected chi connectivity index (χ1v) is 5.55. The average molecular weight is 270 g/mol. The number of ether oxygens (including phenoxy) is 1. The van der Waals surface area contributed by atoms with Crippen LogP contribution in [0.15, 0.2) is 23.2 Å². The number of hydrogen-bond acceptors (Lipinski definition) is 4. The van der Waals surface area contributed by atoms with Gasteiger partial charge in [0.15, 0.2) is 0 Å². The third-order valence-electron chi connectivity index (χ3n) is 1.85. The molecule has 0 aliphatic carbocycles. The zero-order chi connectivity index (χ0) is 13.7. The second-order valence-corrected chi connectivity index (χ2v) is 4.15. The Hall–Kier alpha value is -1.88. The predicted molar refractivity (Wildman–Crippen MR) is 67.8 cm³/mol. The van der Waals surface area contributed by atoms with Gasteiger partial charge < -0.3 is 9.84 Å². The Morgan fingerprint density at radius 1 is 1.44 bits per heavy atom. The van der Waals surface area contributed by atoms with E-state index in [2.05, 4.69) is 4.99 Å². The molecule has 0 amide bonds. The van der Waals surface area contributed by atoms with E-state index in [9.17, 15) is 9.59 Å². The lowest BCUT2D eigenvalue weighted by molar-refractivity contribution is -0.138. The number of carbonyl (C=O) groups is 2. The number of benzene rings is 1. The number of esters is 1. The van der Waals surface area contributed by atoms with Gasteiger partial charge in [-0.3, -0.25) is 0 Å². The van der Waals surface area contributed by atoms with E-state index in [1.54, 1.807) is 13.8 Å². The number of halogens is 1. The van der Waals surface area contributed by atoms with E-state index >= 15 is 0 Å². The van der Waals surface area contributed by atoms with Crippen LogP contribution in [0.3, 0.4) is 0 Å². The highest BCUT2D eigenvalue weighted by Crippen LogP contribution is 2.23. The molecule has 0 heterocycles. The highest BCUT2D eigenvalue weighted by atomic mass is 35.5. The first-order chi connectivity index (χ1) is 8.40. The second-order valence-electron chi connectivity index (χ2n) is 3.71. The third-order valence-corrected chi connectivity index (χ3v) is 2.09. The Balaban J connectivity index is 2.95. The molecule has 0 aliphatic rings. The highest BCUT2D eigenvalue weighted by Gasteiger charge is 2.10. The Morgan fingerprint density at radius 2 is 2.11 bits per heavy atom. The summed E-state index contributed by atoms with van der Waals surface area (Å²) in [5.41, 5.74) is 0.0729. The van der Waals surface area contributed by atoms with Gasteiger partial charge in [-0.2, -0.15) is 0 Å². The topological polar surface area (TPSA) is 76.0 Å². The Morgan fingerprint density at radius 3 is 2.67 bits per heavy atom. The first-order valence-electron chi connectivity index (χ1n) is 5.17. The van der Waals surface area contributed by atoms with E-state index in [-0.39, 0.29) is 17.4 Å². The minimum absolute atomic E-state index is 0.0343. The summed E-state index contributed by atoms with van der Waals surface area (Å²) in [6.45, 7) is 3.40. The lowest BCUT2D eigenvalue weighted by Gasteiger charge is -2.04. The molecule has 18 heavy (non-hydrogen) atoms. The zero-order valence-electron chi connectivity index (χ0n) is 9.88. The minimum Gasteiger partial charge on any atom is -0.478 e. The number of nitrogens with zero attached hydrogens (tertiary/aromatic N) is 1. The van der Waals surface area contributed by atoms with Crippen molar-refractivity contribution in [3.63, 3.8) is 0 Å². The summed E-state index contributed by atoms with van der Waals surface area (Å²) >= 11 is 5.74. The van der Waals surface area contributed by atoms with E-state index in [1.807, 2.05) is 0 Å². The number of carbonyl (C=O) groups excluding carboxylic acids is 1. The van der Waals surface area contributed by atoms with E-state index < -0.39 is 11.9 Å². The van der Waals surface area contributed by atoms with Crippen molar-refractivity contribution in [1.29, 1.82) is 0 Å². The van der Waals surface area contributed by atoms with Gasteiger partial charge in [-0.25, -0.2) is 14.6 Å². The largest absolute Gasteiger partial charge is 0.478 e.